The molecule has 0 amide bonds. The fraction of sp³-hybridized carbons (Fsp3) is 0.0256. The van der Waals surface area contributed by atoms with E-state index in [2.05, 4.69) is 87.6 Å². The van der Waals surface area contributed by atoms with Crippen molar-refractivity contribution in [3.8, 4) is 17.4 Å². The zero-order chi connectivity index (χ0) is 29.5. The van der Waals surface area contributed by atoms with Gasteiger partial charge in [-0.3, -0.25) is 0 Å². The lowest BCUT2D eigenvalue weighted by Crippen LogP contribution is -1.95. The number of benzene rings is 6. The average Bonchev–Trinajstić information content (AvgIpc) is 3.71. The molecule has 0 unspecified atom stereocenters. The van der Waals surface area contributed by atoms with Gasteiger partial charge in [-0.25, -0.2) is 4.85 Å². The fourth-order valence-electron chi connectivity index (χ4n) is 6.87. The Balaban J connectivity index is 1.36. The number of furan rings is 1. The van der Waals surface area contributed by atoms with Crippen molar-refractivity contribution in [1.29, 1.82) is 5.26 Å². The van der Waals surface area contributed by atoms with E-state index in [1.807, 2.05) is 54.6 Å². The molecule has 3 aromatic heterocycles. The maximum absolute atomic E-state index is 10.2. The number of fused-ring (bicyclic) bond motifs is 9. The summed E-state index contributed by atoms with van der Waals surface area (Å²) >= 11 is 0. The van der Waals surface area contributed by atoms with E-state index in [1.54, 1.807) is 0 Å². The van der Waals surface area contributed by atoms with E-state index in [9.17, 15) is 5.26 Å². The zero-order valence-electron chi connectivity index (χ0n) is 23.7. The highest BCUT2D eigenvalue weighted by Crippen LogP contribution is 2.41. The summed E-state index contributed by atoms with van der Waals surface area (Å²) in [6.07, 6.45) is 0. The molecule has 204 valence electrons. The molecule has 0 saturated carbocycles. The van der Waals surface area contributed by atoms with E-state index in [0.29, 0.717) is 11.3 Å². The van der Waals surface area contributed by atoms with E-state index < -0.39 is 0 Å². The highest BCUT2D eigenvalue weighted by molar-refractivity contribution is 6.14. The number of rotatable bonds is 2. The SMILES string of the molecule is [C-]#[N+]c1ccc2c(c1)c1ccccc1n2-c1ccc2oc3c(-n4c5ccccc5c5cc(C)ccc54)cc(C#N)cc3c2c1. The third-order valence-corrected chi connectivity index (χ3v) is 8.78. The highest BCUT2D eigenvalue weighted by atomic mass is 16.3. The van der Waals surface area contributed by atoms with Crippen LogP contribution in [0.2, 0.25) is 0 Å². The lowest BCUT2D eigenvalue weighted by Gasteiger charge is -2.09. The van der Waals surface area contributed by atoms with Gasteiger partial charge in [-0.05, 0) is 79.0 Å². The maximum atomic E-state index is 10.2. The Hall–Kier alpha value is -6.30. The molecule has 0 radical (unpaired) electrons. The summed E-state index contributed by atoms with van der Waals surface area (Å²) < 4.78 is 11.1. The quantitative estimate of drug-likeness (QED) is 0.197. The van der Waals surface area contributed by atoms with Crippen LogP contribution in [-0.4, -0.2) is 9.13 Å². The standard InChI is InChI=1S/C39H22N4O/c1-23-11-14-36-29(17-23)27-7-4-6-10-34(27)43(36)37-19-24(22-40)18-32-31-21-26(13-16-38(31)44-39(32)37)42-33-9-5-3-8-28(33)30-20-25(41-2)12-15-35(30)42/h3-21H,1H3. The maximum Gasteiger partial charge on any atom is 0.188 e. The molecule has 5 heteroatoms. The summed E-state index contributed by atoms with van der Waals surface area (Å²) in [5.41, 5.74) is 9.94. The summed E-state index contributed by atoms with van der Waals surface area (Å²) in [5.74, 6) is 0. The third-order valence-electron chi connectivity index (χ3n) is 8.78. The molecule has 0 spiro atoms. The van der Waals surface area contributed by atoms with Gasteiger partial charge in [0.25, 0.3) is 0 Å². The highest BCUT2D eigenvalue weighted by Gasteiger charge is 2.20. The Morgan fingerprint density at radius 2 is 1.32 bits per heavy atom. The number of aromatic nitrogens is 2. The van der Waals surface area contributed by atoms with Crippen LogP contribution in [0.5, 0.6) is 0 Å². The smallest absolute Gasteiger partial charge is 0.188 e. The Morgan fingerprint density at radius 3 is 2.09 bits per heavy atom. The van der Waals surface area contributed by atoms with Crippen LogP contribution in [0.3, 0.4) is 0 Å². The topological polar surface area (TPSA) is 51.1 Å². The molecular weight excluding hydrogens is 540 g/mol. The molecule has 0 aliphatic heterocycles. The Kier molecular flexibility index (Phi) is 4.89. The molecule has 3 heterocycles. The molecule has 0 N–H and O–H groups in total. The van der Waals surface area contributed by atoms with Crippen LogP contribution in [-0.2, 0) is 0 Å². The van der Waals surface area contributed by atoms with Crippen LogP contribution >= 0.6 is 0 Å². The van der Waals surface area contributed by atoms with Gasteiger partial charge in [0.05, 0.1) is 46.0 Å². The van der Waals surface area contributed by atoms with Crippen molar-refractivity contribution >= 4 is 71.2 Å². The van der Waals surface area contributed by atoms with E-state index in [0.717, 1.165) is 71.5 Å². The van der Waals surface area contributed by atoms with Gasteiger partial charge in [-0.15, -0.1) is 0 Å². The second-order valence-corrected chi connectivity index (χ2v) is 11.3. The Labute approximate surface area is 251 Å². The second kappa shape index (κ2) is 8.85. The average molecular weight is 563 g/mol. The number of aryl methyl sites for hydroxylation is 1. The van der Waals surface area contributed by atoms with Crippen LogP contribution in [0, 0.1) is 24.8 Å². The van der Waals surface area contributed by atoms with Crippen molar-refractivity contribution in [2.24, 2.45) is 0 Å². The summed E-state index contributed by atoms with van der Waals surface area (Å²) in [4.78, 5) is 3.67. The first-order valence-electron chi connectivity index (χ1n) is 14.4. The van der Waals surface area contributed by atoms with E-state index in [4.69, 9.17) is 11.0 Å². The first-order chi connectivity index (χ1) is 21.6. The molecule has 0 atom stereocenters. The second-order valence-electron chi connectivity index (χ2n) is 11.3. The molecule has 0 aliphatic carbocycles. The lowest BCUT2D eigenvalue weighted by molar-refractivity contribution is 0.666. The van der Waals surface area contributed by atoms with Gasteiger partial charge in [-0.1, -0.05) is 54.1 Å². The van der Waals surface area contributed by atoms with Gasteiger partial charge in [0, 0.05) is 32.6 Å². The van der Waals surface area contributed by atoms with Gasteiger partial charge in [0.2, 0.25) is 0 Å². The van der Waals surface area contributed by atoms with Gasteiger partial charge < -0.3 is 13.6 Å². The van der Waals surface area contributed by atoms with Crippen LogP contribution in [0.1, 0.15) is 11.1 Å². The molecule has 6 aromatic carbocycles. The van der Waals surface area contributed by atoms with Gasteiger partial charge in [0.15, 0.2) is 11.3 Å². The minimum atomic E-state index is 0.571. The summed E-state index contributed by atoms with van der Waals surface area (Å²) in [5, 5.41) is 16.5. The van der Waals surface area contributed by atoms with Crippen molar-refractivity contribution in [3.05, 3.63) is 138 Å². The van der Waals surface area contributed by atoms with Crippen LogP contribution in [0.15, 0.2) is 120 Å². The normalized spacial score (nSPS) is 11.7. The Bertz CT molecular complexity index is 2760. The fourth-order valence-corrected chi connectivity index (χ4v) is 6.87. The lowest BCUT2D eigenvalue weighted by atomic mass is 10.1. The number of para-hydroxylation sites is 2. The van der Waals surface area contributed by atoms with Crippen LogP contribution in [0.25, 0.3) is 81.8 Å². The number of nitriles is 1. The van der Waals surface area contributed by atoms with Crippen molar-refractivity contribution in [2.75, 3.05) is 0 Å². The van der Waals surface area contributed by atoms with E-state index >= 15 is 0 Å². The monoisotopic (exact) mass is 562 g/mol. The molecule has 0 bridgehead atoms. The number of hydrogen-bond donors (Lipinski definition) is 0. The first kappa shape index (κ1) is 24.3. The largest absolute Gasteiger partial charge is 0.454 e. The number of hydrogen-bond acceptors (Lipinski definition) is 2. The Morgan fingerprint density at radius 1 is 0.636 bits per heavy atom. The van der Waals surface area contributed by atoms with Crippen molar-refractivity contribution in [2.45, 2.75) is 6.92 Å². The third kappa shape index (κ3) is 3.27. The van der Waals surface area contributed by atoms with Crippen LogP contribution < -0.4 is 0 Å². The first-order valence-corrected chi connectivity index (χ1v) is 14.4. The number of nitrogens with zero attached hydrogens (tertiary/aromatic N) is 4. The van der Waals surface area contributed by atoms with E-state index in [-0.39, 0.29) is 0 Å². The van der Waals surface area contributed by atoms with Crippen molar-refractivity contribution in [1.82, 2.24) is 9.13 Å². The predicted molar refractivity (Wildman–Crippen MR) is 178 cm³/mol. The molecule has 44 heavy (non-hydrogen) atoms. The van der Waals surface area contributed by atoms with Crippen LogP contribution in [0.4, 0.5) is 5.69 Å². The van der Waals surface area contributed by atoms with Crippen molar-refractivity contribution in [3.63, 3.8) is 0 Å². The van der Waals surface area contributed by atoms with Gasteiger partial charge in [-0.2, -0.15) is 5.26 Å². The molecule has 9 rings (SSSR count). The minimum absolute atomic E-state index is 0.571. The molecule has 9 aromatic rings. The minimum Gasteiger partial charge on any atom is -0.454 e. The van der Waals surface area contributed by atoms with Gasteiger partial charge >= 0.3 is 0 Å². The molecule has 0 aliphatic rings. The molecule has 5 nitrogen and oxygen atoms in total. The van der Waals surface area contributed by atoms with Gasteiger partial charge in [0.1, 0.15) is 5.58 Å². The molecule has 0 fully saturated rings. The molecular formula is C39H22N4O. The summed E-state index contributed by atoms with van der Waals surface area (Å²) in [6, 6.07) is 41.5. The summed E-state index contributed by atoms with van der Waals surface area (Å²) in [7, 11) is 0. The summed E-state index contributed by atoms with van der Waals surface area (Å²) in [6.45, 7) is 9.64. The predicted octanol–water partition coefficient (Wildman–Crippen LogP) is 10.5. The van der Waals surface area contributed by atoms with Crippen molar-refractivity contribution < 1.29 is 4.42 Å². The van der Waals surface area contributed by atoms with E-state index in [1.165, 1.54) is 10.9 Å². The zero-order valence-corrected chi connectivity index (χ0v) is 23.7. The molecule has 0 saturated heterocycles.